The lowest BCUT2D eigenvalue weighted by molar-refractivity contribution is 0.446. The normalized spacial score (nSPS) is 15.0. The molecule has 0 aliphatic carbocycles. The van der Waals surface area contributed by atoms with Gasteiger partial charge in [-0.25, -0.2) is 13.8 Å². The molecule has 1 aliphatic rings. The molecule has 30 heavy (non-hydrogen) atoms. The van der Waals surface area contributed by atoms with Crippen LogP contribution in [0.1, 0.15) is 35.7 Å². The van der Waals surface area contributed by atoms with Crippen molar-refractivity contribution >= 4 is 17.5 Å². The van der Waals surface area contributed by atoms with Gasteiger partial charge in [-0.1, -0.05) is 18.2 Å². The third kappa shape index (κ3) is 4.28. The van der Waals surface area contributed by atoms with Crippen LogP contribution >= 0.6 is 0 Å². The highest BCUT2D eigenvalue weighted by molar-refractivity contribution is 6.12. The minimum Gasteiger partial charge on any atom is -0.396 e. The maximum Gasteiger partial charge on any atom is 0.181 e. The summed E-state index contributed by atoms with van der Waals surface area (Å²) in [4.78, 5) is 4.55. The minimum atomic E-state index is -0.629. The molecule has 2 heterocycles. The molecule has 6 nitrogen and oxygen atoms in total. The quantitative estimate of drug-likeness (QED) is 0.380. The number of rotatable bonds is 5. The Morgan fingerprint density at radius 2 is 1.87 bits per heavy atom. The Morgan fingerprint density at radius 3 is 2.60 bits per heavy atom. The fraction of sp³-hybridized carbons (Fsp3) is 0.227. The van der Waals surface area contributed by atoms with Crippen molar-refractivity contribution in [2.75, 3.05) is 18.8 Å². The molecule has 1 aliphatic heterocycles. The Hall–Kier alpha value is -3.39. The molecule has 0 bridgehead atoms. The van der Waals surface area contributed by atoms with Gasteiger partial charge in [-0.3, -0.25) is 5.10 Å². The highest BCUT2D eigenvalue weighted by Crippen LogP contribution is 2.28. The van der Waals surface area contributed by atoms with Gasteiger partial charge in [0.15, 0.2) is 5.82 Å². The number of nitrogens with one attached hydrogen (secondary N) is 3. The monoisotopic (exact) mass is 408 g/mol. The summed E-state index contributed by atoms with van der Waals surface area (Å²) in [6.07, 6.45) is 5.08. The van der Waals surface area contributed by atoms with Crippen LogP contribution in [0.15, 0.2) is 42.5 Å². The summed E-state index contributed by atoms with van der Waals surface area (Å²) in [6, 6.07) is 8.75. The van der Waals surface area contributed by atoms with Crippen molar-refractivity contribution < 1.29 is 8.78 Å². The first kappa shape index (κ1) is 19.9. The molecule has 1 aromatic heterocycles. The van der Waals surface area contributed by atoms with E-state index in [-0.39, 0.29) is 22.8 Å². The van der Waals surface area contributed by atoms with Crippen LogP contribution in [0, 0.1) is 17.0 Å². The zero-order valence-electron chi connectivity index (χ0n) is 16.3. The number of hydrogen-bond acceptors (Lipinski definition) is 5. The van der Waals surface area contributed by atoms with Crippen molar-refractivity contribution in [3.63, 3.8) is 0 Å². The smallest absolute Gasteiger partial charge is 0.181 e. The van der Waals surface area contributed by atoms with E-state index in [0.29, 0.717) is 17.3 Å². The van der Waals surface area contributed by atoms with Crippen LogP contribution in [-0.4, -0.2) is 34.0 Å². The molecule has 5 N–H and O–H groups in total. The average molecular weight is 408 g/mol. The number of aromatic nitrogens is 3. The third-order valence-corrected chi connectivity index (χ3v) is 5.22. The largest absolute Gasteiger partial charge is 0.396 e. The first-order valence-corrected chi connectivity index (χ1v) is 9.76. The molecule has 4 rings (SSSR count). The number of H-pyrrole nitrogens is 1. The molecule has 1 saturated heterocycles. The zero-order valence-corrected chi connectivity index (χ0v) is 16.3. The Morgan fingerprint density at radius 1 is 1.13 bits per heavy atom. The van der Waals surface area contributed by atoms with E-state index in [0.717, 1.165) is 37.3 Å². The number of aromatic amines is 1. The van der Waals surface area contributed by atoms with Gasteiger partial charge in [-0.15, -0.1) is 0 Å². The molecule has 1 fully saturated rings. The van der Waals surface area contributed by atoms with E-state index in [1.54, 1.807) is 24.3 Å². The molecule has 0 radical (unpaired) electrons. The van der Waals surface area contributed by atoms with Crippen molar-refractivity contribution in [1.82, 2.24) is 20.5 Å². The van der Waals surface area contributed by atoms with Crippen LogP contribution in [0.25, 0.3) is 17.5 Å². The zero-order chi connectivity index (χ0) is 21.1. The van der Waals surface area contributed by atoms with E-state index in [9.17, 15) is 8.78 Å². The van der Waals surface area contributed by atoms with Crippen molar-refractivity contribution in [3.8, 4) is 11.4 Å². The standard InChI is InChI=1S/C22H22F2N6/c23-16-4-1-13(2-5-16)3-6-19(25)17-11-15(12-18(24)20(17)26)22-28-21(29-30-22)14-7-9-27-10-8-14/h1-6,11-12,14,25,27H,7-10,26H2,(H,28,29,30)/b6-3+,25-19?. The first-order chi connectivity index (χ1) is 14.5. The summed E-state index contributed by atoms with van der Waals surface area (Å²) in [6.45, 7) is 1.86. The van der Waals surface area contributed by atoms with E-state index >= 15 is 0 Å². The second-order valence-electron chi connectivity index (χ2n) is 7.29. The number of nitrogens with two attached hydrogens (primary N) is 1. The molecular weight excluding hydrogens is 386 g/mol. The summed E-state index contributed by atoms with van der Waals surface area (Å²) in [5, 5.41) is 18.8. The average Bonchev–Trinajstić information content (AvgIpc) is 3.26. The van der Waals surface area contributed by atoms with Gasteiger partial charge in [0.2, 0.25) is 0 Å². The number of piperidine rings is 1. The summed E-state index contributed by atoms with van der Waals surface area (Å²) in [5.74, 6) is 0.491. The van der Waals surface area contributed by atoms with E-state index in [1.807, 2.05) is 0 Å². The molecule has 0 atom stereocenters. The Bertz CT molecular complexity index is 1080. The SMILES string of the molecule is N=C(/C=C/c1ccc(F)cc1)c1cc(-c2n[nH]c(C3CCNCC3)n2)cc(F)c1N. The van der Waals surface area contributed by atoms with Crippen molar-refractivity contribution in [1.29, 1.82) is 5.41 Å². The number of anilines is 1. The van der Waals surface area contributed by atoms with Gasteiger partial charge in [-0.05, 0) is 61.8 Å². The third-order valence-electron chi connectivity index (χ3n) is 5.22. The van der Waals surface area contributed by atoms with E-state index < -0.39 is 5.82 Å². The number of halogens is 2. The molecule has 0 saturated carbocycles. The van der Waals surface area contributed by atoms with Gasteiger partial charge in [0.05, 0.1) is 11.4 Å². The highest BCUT2D eigenvalue weighted by atomic mass is 19.1. The summed E-state index contributed by atoms with van der Waals surface area (Å²) < 4.78 is 27.5. The van der Waals surface area contributed by atoms with Gasteiger partial charge in [-0.2, -0.15) is 5.10 Å². The van der Waals surface area contributed by atoms with E-state index in [2.05, 4.69) is 20.5 Å². The lowest BCUT2D eigenvalue weighted by atomic mass is 9.97. The molecule has 3 aromatic rings. The van der Waals surface area contributed by atoms with Crippen LogP contribution in [0.2, 0.25) is 0 Å². The second kappa shape index (κ2) is 8.54. The first-order valence-electron chi connectivity index (χ1n) is 9.76. The number of benzene rings is 2. The number of nitrogen functional groups attached to an aromatic ring is 1. The maximum atomic E-state index is 14.5. The van der Waals surface area contributed by atoms with Crippen LogP contribution in [-0.2, 0) is 0 Å². The number of nitrogens with zero attached hydrogens (tertiary/aromatic N) is 2. The number of allylic oxidation sites excluding steroid dienone is 1. The molecule has 0 amide bonds. The fourth-order valence-corrected chi connectivity index (χ4v) is 3.49. The molecule has 8 heteroatoms. The second-order valence-corrected chi connectivity index (χ2v) is 7.29. The van der Waals surface area contributed by atoms with E-state index in [1.165, 1.54) is 24.3 Å². The summed E-state index contributed by atoms with van der Waals surface area (Å²) in [5.41, 5.74) is 7.23. The van der Waals surface area contributed by atoms with Crippen LogP contribution in [0.3, 0.4) is 0 Å². The van der Waals surface area contributed by atoms with Gasteiger partial charge in [0.25, 0.3) is 0 Å². The Labute approximate surface area is 172 Å². The minimum absolute atomic E-state index is 0.0340. The summed E-state index contributed by atoms with van der Waals surface area (Å²) >= 11 is 0. The van der Waals surface area contributed by atoms with Gasteiger partial charge >= 0.3 is 0 Å². The van der Waals surface area contributed by atoms with Crippen molar-refractivity contribution in [2.45, 2.75) is 18.8 Å². The topological polar surface area (TPSA) is 103 Å². The summed E-state index contributed by atoms with van der Waals surface area (Å²) in [7, 11) is 0. The Kier molecular flexibility index (Phi) is 5.67. The van der Waals surface area contributed by atoms with Gasteiger partial charge in [0, 0.05) is 17.0 Å². The molecule has 0 spiro atoms. The van der Waals surface area contributed by atoms with Crippen molar-refractivity contribution in [2.24, 2.45) is 0 Å². The highest BCUT2D eigenvalue weighted by Gasteiger charge is 2.20. The van der Waals surface area contributed by atoms with Crippen LogP contribution in [0.5, 0.6) is 0 Å². The molecule has 2 aromatic carbocycles. The lowest BCUT2D eigenvalue weighted by Crippen LogP contribution is -2.27. The van der Waals surface area contributed by atoms with E-state index in [4.69, 9.17) is 11.1 Å². The van der Waals surface area contributed by atoms with Crippen LogP contribution in [0.4, 0.5) is 14.5 Å². The maximum absolute atomic E-state index is 14.5. The fourth-order valence-electron chi connectivity index (χ4n) is 3.49. The molecular formula is C22H22F2N6. The van der Waals surface area contributed by atoms with Crippen LogP contribution < -0.4 is 11.1 Å². The van der Waals surface area contributed by atoms with Gasteiger partial charge < -0.3 is 16.5 Å². The predicted molar refractivity (Wildman–Crippen MR) is 113 cm³/mol. The molecule has 154 valence electrons. The Balaban J connectivity index is 1.60. The van der Waals surface area contributed by atoms with Gasteiger partial charge in [0.1, 0.15) is 17.5 Å². The molecule has 0 unspecified atom stereocenters. The predicted octanol–water partition coefficient (Wildman–Crippen LogP) is 3.88. The lowest BCUT2D eigenvalue weighted by Gasteiger charge is -2.19. The number of hydrogen-bond donors (Lipinski definition) is 4. The van der Waals surface area contributed by atoms with Crippen molar-refractivity contribution in [3.05, 3.63) is 71.1 Å².